The molecule has 3 atom stereocenters. The van der Waals surface area contributed by atoms with E-state index in [2.05, 4.69) is 38.2 Å². The Hall–Kier alpha value is -4.04. The van der Waals surface area contributed by atoms with Gasteiger partial charge in [0.15, 0.2) is 11.5 Å². The molecular formula is C33H38N2O6. The minimum absolute atomic E-state index is 0.0589. The van der Waals surface area contributed by atoms with E-state index < -0.39 is 17.9 Å². The number of anilines is 1. The molecule has 2 heterocycles. The van der Waals surface area contributed by atoms with E-state index in [1.165, 1.54) is 5.56 Å². The zero-order valence-electron chi connectivity index (χ0n) is 24.1. The normalized spacial score (nSPS) is 19.8. The molecule has 1 saturated heterocycles. The maximum atomic E-state index is 13.7. The molecule has 3 aromatic carbocycles. The van der Waals surface area contributed by atoms with Gasteiger partial charge in [-0.05, 0) is 71.3 Å². The van der Waals surface area contributed by atoms with E-state index in [-0.39, 0.29) is 25.2 Å². The lowest BCUT2D eigenvalue weighted by Crippen LogP contribution is -2.35. The number of carboxylic acids is 1. The summed E-state index contributed by atoms with van der Waals surface area (Å²) in [6, 6.07) is 16.9. The molecule has 0 radical (unpaired) electrons. The van der Waals surface area contributed by atoms with Gasteiger partial charge in [0.1, 0.15) is 5.75 Å². The number of hydrogen-bond acceptors (Lipinski definition) is 6. The van der Waals surface area contributed by atoms with Crippen LogP contribution < -0.4 is 19.5 Å². The van der Waals surface area contributed by atoms with Gasteiger partial charge in [0.2, 0.25) is 12.7 Å². The van der Waals surface area contributed by atoms with E-state index >= 15 is 0 Å². The van der Waals surface area contributed by atoms with E-state index in [1.807, 2.05) is 47.4 Å². The second kappa shape index (κ2) is 12.2. The van der Waals surface area contributed by atoms with Gasteiger partial charge in [-0.3, -0.25) is 14.5 Å². The van der Waals surface area contributed by atoms with Crippen molar-refractivity contribution in [3.05, 3.63) is 82.4 Å². The van der Waals surface area contributed by atoms with Crippen LogP contribution >= 0.6 is 0 Å². The first-order valence-corrected chi connectivity index (χ1v) is 14.3. The smallest absolute Gasteiger partial charge is 0.309 e. The average molecular weight is 559 g/mol. The highest BCUT2D eigenvalue weighted by Crippen LogP contribution is 2.47. The quantitative estimate of drug-likeness (QED) is 0.335. The molecule has 8 nitrogen and oxygen atoms in total. The molecule has 8 heteroatoms. The average Bonchev–Trinajstić information content (AvgIpc) is 3.61. The number of carboxylic acid groups (broad SMARTS) is 1. The fraction of sp³-hybridized carbons (Fsp3) is 0.394. The zero-order valence-corrected chi connectivity index (χ0v) is 24.1. The first-order valence-electron chi connectivity index (χ1n) is 14.3. The maximum Gasteiger partial charge on any atom is 0.309 e. The molecule has 1 amide bonds. The van der Waals surface area contributed by atoms with Crippen LogP contribution in [-0.4, -0.2) is 48.9 Å². The van der Waals surface area contributed by atoms with Crippen molar-refractivity contribution in [2.24, 2.45) is 5.92 Å². The lowest BCUT2D eigenvalue weighted by Gasteiger charge is -2.27. The first-order chi connectivity index (χ1) is 19.9. The Bertz CT molecular complexity index is 1390. The van der Waals surface area contributed by atoms with Gasteiger partial charge in [-0.15, -0.1) is 0 Å². The first kappa shape index (κ1) is 28.5. The minimum atomic E-state index is -0.909. The summed E-state index contributed by atoms with van der Waals surface area (Å²) in [4.78, 5) is 28.5. The highest BCUT2D eigenvalue weighted by atomic mass is 16.7. The molecule has 0 aliphatic carbocycles. The Balaban J connectivity index is 1.48. The lowest BCUT2D eigenvalue weighted by atomic mass is 9.82. The van der Waals surface area contributed by atoms with Crippen LogP contribution in [-0.2, 0) is 28.9 Å². The lowest BCUT2D eigenvalue weighted by molar-refractivity contribution is -0.143. The number of aliphatic carboxylic acids is 1. The molecule has 0 aromatic heterocycles. The summed E-state index contributed by atoms with van der Waals surface area (Å²) in [6.45, 7) is 6.93. The van der Waals surface area contributed by atoms with E-state index in [0.29, 0.717) is 23.8 Å². The molecule has 2 aliphatic rings. The third-order valence-electron chi connectivity index (χ3n) is 8.31. The summed E-state index contributed by atoms with van der Waals surface area (Å²) >= 11 is 0. The topological polar surface area (TPSA) is 97.3 Å². The molecule has 5 rings (SSSR count). The largest absolute Gasteiger partial charge is 0.497 e. The third-order valence-corrected chi connectivity index (χ3v) is 8.31. The summed E-state index contributed by atoms with van der Waals surface area (Å²) < 4.78 is 16.4. The number of nitrogens with zero attached hydrogens (tertiary/aromatic N) is 1. The molecule has 3 aromatic rings. The van der Waals surface area contributed by atoms with Gasteiger partial charge < -0.3 is 24.6 Å². The number of fused-ring (bicyclic) bond motifs is 1. The molecule has 2 N–H and O–H groups in total. The predicted molar refractivity (Wildman–Crippen MR) is 157 cm³/mol. The van der Waals surface area contributed by atoms with Crippen molar-refractivity contribution in [3.8, 4) is 17.2 Å². The number of carbonyl (C=O) groups excluding carboxylic acids is 1. The number of hydrogen-bond donors (Lipinski definition) is 2. The number of aryl methyl sites for hydroxylation is 3. The number of methoxy groups -OCH3 is 1. The van der Waals surface area contributed by atoms with Crippen molar-refractivity contribution in [2.75, 3.05) is 32.3 Å². The van der Waals surface area contributed by atoms with Gasteiger partial charge in [0.05, 0.1) is 19.6 Å². The summed E-state index contributed by atoms with van der Waals surface area (Å²) in [5.41, 5.74) is 6.03. The molecule has 0 bridgehead atoms. The Morgan fingerprint density at radius 1 is 0.927 bits per heavy atom. The molecule has 41 heavy (non-hydrogen) atoms. The summed E-state index contributed by atoms with van der Waals surface area (Å²) in [5.74, 6) is -0.265. The van der Waals surface area contributed by atoms with Gasteiger partial charge in [-0.1, -0.05) is 51.1 Å². The third kappa shape index (κ3) is 5.75. The van der Waals surface area contributed by atoms with Crippen molar-refractivity contribution in [3.63, 3.8) is 0 Å². The Morgan fingerprint density at radius 2 is 1.59 bits per heavy atom. The van der Waals surface area contributed by atoms with Crippen molar-refractivity contribution >= 4 is 17.6 Å². The van der Waals surface area contributed by atoms with Crippen molar-refractivity contribution < 1.29 is 28.9 Å². The van der Waals surface area contributed by atoms with Gasteiger partial charge >= 0.3 is 5.97 Å². The molecule has 0 saturated carbocycles. The van der Waals surface area contributed by atoms with Gasteiger partial charge in [-0.25, -0.2) is 0 Å². The van der Waals surface area contributed by atoms with Gasteiger partial charge in [-0.2, -0.15) is 0 Å². The van der Waals surface area contributed by atoms with Gasteiger partial charge in [0.25, 0.3) is 0 Å². The van der Waals surface area contributed by atoms with E-state index in [1.54, 1.807) is 7.11 Å². The number of ether oxygens (including phenoxy) is 3. The number of benzene rings is 3. The van der Waals surface area contributed by atoms with Gasteiger partial charge in [0, 0.05) is 24.2 Å². The van der Waals surface area contributed by atoms with Crippen LogP contribution in [0, 0.1) is 5.92 Å². The van der Waals surface area contributed by atoms with Crippen LogP contribution in [0.2, 0.25) is 0 Å². The highest BCUT2D eigenvalue weighted by Gasteiger charge is 2.48. The second-order valence-corrected chi connectivity index (χ2v) is 10.6. The molecular weight excluding hydrogens is 520 g/mol. The predicted octanol–water partition coefficient (Wildman–Crippen LogP) is 5.59. The zero-order chi connectivity index (χ0) is 29.1. The van der Waals surface area contributed by atoms with Crippen LogP contribution in [0.1, 0.15) is 60.5 Å². The maximum absolute atomic E-state index is 13.7. The fourth-order valence-electron chi connectivity index (χ4n) is 6.20. The molecule has 3 unspecified atom stereocenters. The SMILES string of the molecule is CCc1cc(CC)c(NC(=O)CN2CC(c3ccc4c(c3)OCO4)C(C(=O)O)C2c2ccc(OC)cc2)c(CC)c1. The minimum Gasteiger partial charge on any atom is -0.497 e. The van der Waals surface area contributed by atoms with E-state index in [4.69, 9.17) is 14.2 Å². The van der Waals surface area contributed by atoms with Crippen LogP contribution in [0.4, 0.5) is 5.69 Å². The Labute approximate surface area is 241 Å². The summed E-state index contributed by atoms with van der Waals surface area (Å²) in [6.07, 6.45) is 2.55. The number of carbonyl (C=O) groups is 2. The molecule has 0 spiro atoms. The monoisotopic (exact) mass is 558 g/mol. The molecule has 2 aliphatic heterocycles. The van der Waals surface area contributed by atoms with E-state index in [0.717, 1.165) is 47.2 Å². The second-order valence-electron chi connectivity index (χ2n) is 10.6. The van der Waals surface area contributed by atoms with Crippen molar-refractivity contribution in [2.45, 2.75) is 52.0 Å². The van der Waals surface area contributed by atoms with Crippen LogP contribution in [0.15, 0.2) is 54.6 Å². The number of likely N-dealkylation sites (tertiary alicyclic amines) is 1. The Kier molecular flexibility index (Phi) is 8.49. The van der Waals surface area contributed by atoms with Crippen molar-refractivity contribution in [1.82, 2.24) is 4.90 Å². The molecule has 216 valence electrons. The Morgan fingerprint density at radius 3 is 2.20 bits per heavy atom. The molecule has 1 fully saturated rings. The van der Waals surface area contributed by atoms with Crippen molar-refractivity contribution in [1.29, 1.82) is 0 Å². The van der Waals surface area contributed by atoms with Crippen LogP contribution in [0.5, 0.6) is 17.2 Å². The van der Waals surface area contributed by atoms with E-state index in [9.17, 15) is 14.7 Å². The highest BCUT2D eigenvalue weighted by molar-refractivity contribution is 5.94. The number of nitrogens with one attached hydrogen (secondary N) is 1. The fourth-order valence-corrected chi connectivity index (χ4v) is 6.20. The summed E-state index contributed by atoms with van der Waals surface area (Å²) in [5, 5.41) is 13.7. The van der Waals surface area contributed by atoms with Crippen LogP contribution in [0.25, 0.3) is 0 Å². The number of amides is 1. The standard InChI is InChI=1S/C33H38N2O6/c1-5-20-14-21(6-2)31(22(7-3)15-20)34-29(36)18-35-17-26(24-10-13-27-28(16-24)41-19-40-27)30(33(37)38)32(35)23-8-11-25(39-4)12-9-23/h8-16,26,30,32H,5-7,17-19H2,1-4H3,(H,34,36)(H,37,38). The van der Waals surface area contributed by atoms with Crippen LogP contribution in [0.3, 0.4) is 0 Å². The number of rotatable bonds is 10. The summed E-state index contributed by atoms with van der Waals surface area (Å²) in [7, 11) is 1.60.